The highest BCUT2D eigenvalue weighted by Crippen LogP contribution is 2.33. The van der Waals surface area contributed by atoms with E-state index < -0.39 is 0 Å². The molecule has 4 heteroatoms. The van der Waals surface area contributed by atoms with Crippen molar-refractivity contribution in [1.29, 1.82) is 0 Å². The maximum absolute atomic E-state index is 5.73. The lowest BCUT2D eigenvalue weighted by Crippen LogP contribution is -1.93. The van der Waals surface area contributed by atoms with Crippen molar-refractivity contribution in [3.63, 3.8) is 0 Å². The number of nitrogens with zero attached hydrogens (tertiary/aromatic N) is 1. The van der Waals surface area contributed by atoms with E-state index in [0.717, 1.165) is 33.0 Å². The first-order valence-corrected chi connectivity index (χ1v) is 6.23. The van der Waals surface area contributed by atoms with Crippen LogP contribution >= 0.6 is 11.3 Å². The minimum absolute atomic E-state index is 0.614. The highest BCUT2D eigenvalue weighted by atomic mass is 32.1. The normalized spacial score (nSPS) is 10.6. The van der Waals surface area contributed by atoms with Gasteiger partial charge in [0.25, 0.3) is 0 Å². The van der Waals surface area contributed by atoms with Crippen molar-refractivity contribution in [2.45, 2.75) is 20.8 Å². The van der Waals surface area contributed by atoms with Gasteiger partial charge in [0.2, 0.25) is 0 Å². The van der Waals surface area contributed by atoms with Gasteiger partial charge in [-0.2, -0.15) is 0 Å². The van der Waals surface area contributed by atoms with Crippen LogP contribution in [-0.4, -0.2) is 12.1 Å². The predicted molar refractivity (Wildman–Crippen MR) is 72.7 cm³/mol. The van der Waals surface area contributed by atoms with Crippen molar-refractivity contribution in [2.24, 2.45) is 0 Å². The Morgan fingerprint density at radius 3 is 2.18 bits per heavy atom. The third-order valence-corrected chi connectivity index (χ3v) is 3.55. The van der Waals surface area contributed by atoms with Crippen molar-refractivity contribution >= 4 is 16.5 Å². The summed E-state index contributed by atoms with van der Waals surface area (Å²) in [4.78, 5) is 5.52. The van der Waals surface area contributed by atoms with E-state index >= 15 is 0 Å². The fraction of sp³-hybridized carbons (Fsp3) is 0.308. The second-order valence-electron chi connectivity index (χ2n) is 4.10. The summed E-state index contributed by atoms with van der Waals surface area (Å²) in [6.45, 7) is 6.12. The number of nitrogens with two attached hydrogens (primary N) is 1. The topological polar surface area (TPSA) is 48.1 Å². The second kappa shape index (κ2) is 4.37. The number of methoxy groups -OCH3 is 1. The van der Waals surface area contributed by atoms with Gasteiger partial charge in [0, 0.05) is 10.4 Å². The lowest BCUT2D eigenvalue weighted by atomic mass is 10.0. The van der Waals surface area contributed by atoms with E-state index in [1.807, 2.05) is 20.8 Å². The highest BCUT2D eigenvalue weighted by molar-refractivity contribution is 7.15. The molecule has 0 bridgehead atoms. The van der Waals surface area contributed by atoms with Crippen LogP contribution in [0.15, 0.2) is 12.1 Å². The number of hydrogen-bond donors (Lipinski definition) is 1. The van der Waals surface area contributed by atoms with E-state index in [2.05, 4.69) is 17.1 Å². The molecule has 0 unspecified atom stereocenters. The third-order valence-electron chi connectivity index (χ3n) is 2.75. The van der Waals surface area contributed by atoms with E-state index in [-0.39, 0.29) is 0 Å². The zero-order chi connectivity index (χ0) is 12.6. The molecular weight excluding hydrogens is 232 g/mol. The van der Waals surface area contributed by atoms with Gasteiger partial charge in [0.05, 0.1) is 12.8 Å². The van der Waals surface area contributed by atoms with Crippen molar-refractivity contribution in [1.82, 2.24) is 4.98 Å². The van der Waals surface area contributed by atoms with Crippen LogP contribution in [-0.2, 0) is 0 Å². The summed E-state index contributed by atoms with van der Waals surface area (Å²) in [6, 6.07) is 4.18. The lowest BCUT2D eigenvalue weighted by molar-refractivity contribution is 0.408. The first kappa shape index (κ1) is 11.9. The Bertz CT molecular complexity index is 538. The van der Waals surface area contributed by atoms with Gasteiger partial charge >= 0.3 is 0 Å². The molecule has 2 N–H and O–H groups in total. The molecule has 0 spiro atoms. The molecule has 1 aromatic heterocycles. The van der Waals surface area contributed by atoms with Crippen LogP contribution < -0.4 is 10.5 Å². The Labute approximate surface area is 105 Å². The SMILES string of the molecule is COc1c(C)cc(-c2nc(N)sc2C)cc1C. The van der Waals surface area contributed by atoms with Gasteiger partial charge in [-0.1, -0.05) is 0 Å². The molecule has 0 amide bonds. The van der Waals surface area contributed by atoms with Crippen LogP contribution in [0.5, 0.6) is 5.75 Å². The number of aryl methyl sites for hydroxylation is 3. The lowest BCUT2D eigenvalue weighted by Gasteiger charge is -2.10. The highest BCUT2D eigenvalue weighted by Gasteiger charge is 2.11. The maximum atomic E-state index is 5.73. The molecule has 2 rings (SSSR count). The molecule has 0 aliphatic rings. The second-order valence-corrected chi connectivity index (χ2v) is 5.33. The quantitative estimate of drug-likeness (QED) is 0.886. The number of anilines is 1. The molecule has 1 heterocycles. The molecule has 0 fully saturated rings. The molecule has 0 aliphatic heterocycles. The number of hydrogen-bond acceptors (Lipinski definition) is 4. The Hall–Kier alpha value is -1.55. The predicted octanol–water partition coefficient (Wildman–Crippen LogP) is 3.33. The zero-order valence-corrected chi connectivity index (χ0v) is 11.3. The van der Waals surface area contributed by atoms with Gasteiger partial charge in [0.15, 0.2) is 5.13 Å². The zero-order valence-electron chi connectivity index (χ0n) is 10.5. The molecule has 2 aromatic rings. The van der Waals surface area contributed by atoms with Gasteiger partial charge in [-0.3, -0.25) is 0 Å². The van der Waals surface area contributed by atoms with E-state index in [0.29, 0.717) is 5.13 Å². The van der Waals surface area contributed by atoms with Crippen LogP contribution in [0.2, 0.25) is 0 Å². The summed E-state index contributed by atoms with van der Waals surface area (Å²) in [5, 5.41) is 0.614. The Kier molecular flexibility index (Phi) is 3.07. The summed E-state index contributed by atoms with van der Waals surface area (Å²) >= 11 is 1.52. The number of ether oxygens (including phenoxy) is 1. The smallest absolute Gasteiger partial charge is 0.180 e. The maximum Gasteiger partial charge on any atom is 0.180 e. The molecule has 0 aliphatic carbocycles. The van der Waals surface area contributed by atoms with Gasteiger partial charge in [-0.25, -0.2) is 4.98 Å². The van der Waals surface area contributed by atoms with Crippen LogP contribution in [0.4, 0.5) is 5.13 Å². The molecule has 0 atom stereocenters. The molecule has 0 saturated heterocycles. The Morgan fingerprint density at radius 2 is 1.76 bits per heavy atom. The number of nitrogen functional groups attached to an aromatic ring is 1. The van der Waals surface area contributed by atoms with Gasteiger partial charge in [0.1, 0.15) is 5.75 Å². The first-order chi connectivity index (χ1) is 8.02. The number of aromatic nitrogens is 1. The van der Waals surface area contributed by atoms with E-state index in [1.54, 1.807) is 7.11 Å². The molecule has 90 valence electrons. The number of rotatable bonds is 2. The van der Waals surface area contributed by atoms with Crippen LogP contribution in [0.3, 0.4) is 0 Å². The van der Waals surface area contributed by atoms with Crippen molar-refractivity contribution in [3.05, 3.63) is 28.1 Å². The molecule has 0 saturated carbocycles. The van der Waals surface area contributed by atoms with Crippen molar-refractivity contribution in [3.8, 4) is 17.0 Å². The van der Waals surface area contributed by atoms with Crippen LogP contribution in [0.1, 0.15) is 16.0 Å². The minimum atomic E-state index is 0.614. The average molecular weight is 248 g/mol. The summed E-state index contributed by atoms with van der Waals surface area (Å²) in [7, 11) is 1.70. The molecule has 1 aromatic carbocycles. The first-order valence-electron chi connectivity index (χ1n) is 5.41. The Morgan fingerprint density at radius 1 is 1.18 bits per heavy atom. The Balaban J connectivity index is 2.58. The largest absolute Gasteiger partial charge is 0.496 e. The fourth-order valence-electron chi connectivity index (χ4n) is 2.09. The van der Waals surface area contributed by atoms with Crippen molar-refractivity contribution in [2.75, 3.05) is 12.8 Å². The summed E-state index contributed by atoms with van der Waals surface area (Å²) in [5.74, 6) is 0.939. The molecule has 0 radical (unpaired) electrons. The number of benzene rings is 1. The van der Waals surface area contributed by atoms with E-state index in [9.17, 15) is 0 Å². The third kappa shape index (κ3) is 2.13. The van der Waals surface area contributed by atoms with E-state index in [4.69, 9.17) is 10.5 Å². The van der Waals surface area contributed by atoms with Crippen LogP contribution in [0.25, 0.3) is 11.3 Å². The minimum Gasteiger partial charge on any atom is -0.496 e. The van der Waals surface area contributed by atoms with Gasteiger partial charge in [-0.05, 0) is 44.0 Å². The van der Waals surface area contributed by atoms with Crippen LogP contribution in [0, 0.1) is 20.8 Å². The van der Waals surface area contributed by atoms with Crippen molar-refractivity contribution < 1.29 is 4.74 Å². The van der Waals surface area contributed by atoms with Gasteiger partial charge < -0.3 is 10.5 Å². The summed E-state index contributed by atoms with van der Waals surface area (Å²) in [5.41, 5.74) is 10.0. The summed E-state index contributed by atoms with van der Waals surface area (Å²) in [6.07, 6.45) is 0. The summed E-state index contributed by atoms with van der Waals surface area (Å²) < 4.78 is 5.36. The molecular formula is C13H16N2OS. The van der Waals surface area contributed by atoms with Gasteiger partial charge in [-0.15, -0.1) is 11.3 Å². The monoisotopic (exact) mass is 248 g/mol. The molecule has 3 nitrogen and oxygen atoms in total. The fourth-order valence-corrected chi connectivity index (χ4v) is 2.80. The standard InChI is InChI=1S/C13H16N2OS/c1-7-5-10(6-8(2)12(7)16-4)11-9(3)17-13(14)15-11/h5-6H,1-4H3,(H2,14,15). The molecule has 17 heavy (non-hydrogen) atoms. The average Bonchev–Trinajstić information content (AvgIpc) is 2.57. The van der Waals surface area contributed by atoms with E-state index in [1.165, 1.54) is 11.3 Å². The number of thiazole rings is 1.